The van der Waals surface area contributed by atoms with E-state index in [1.54, 1.807) is 6.92 Å². The fraction of sp³-hybridized carbons (Fsp3) is 0.615. The van der Waals surface area contributed by atoms with Crippen LogP contribution in [0.5, 0.6) is 5.88 Å². The Hall–Kier alpha value is -2.08. The molecule has 2 aromatic heterocycles. The third-order valence-electron chi connectivity index (χ3n) is 4.04. The summed E-state index contributed by atoms with van der Waals surface area (Å²) in [5.74, 6) is 0.0915. The molecule has 0 aliphatic carbocycles. The van der Waals surface area contributed by atoms with Crippen molar-refractivity contribution < 1.29 is 24.1 Å². The number of imidazole rings is 1. The first-order valence-corrected chi connectivity index (χ1v) is 7.41. The maximum Gasteiger partial charge on any atom is 0.247 e. The number of hydrogen-bond donors (Lipinski definition) is 4. The van der Waals surface area contributed by atoms with Crippen LogP contribution in [-0.4, -0.2) is 67.4 Å². The zero-order chi connectivity index (χ0) is 17.5. The number of nitrogens with zero attached hydrogens (tertiary/aromatic N) is 4. The van der Waals surface area contributed by atoms with Gasteiger partial charge in [0.15, 0.2) is 23.6 Å². The van der Waals surface area contributed by atoms with Gasteiger partial charge in [0, 0.05) is 6.54 Å². The quantitative estimate of drug-likeness (QED) is 0.520. The molecule has 1 aliphatic rings. The topological polar surface area (TPSA) is 155 Å². The van der Waals surface area contributed by atoms with Crippen LogP contribution in [0.3, 0.4) is 0 Å². The molecule has 6 N–H and O–H groups in total. The number of aromatic nitrogens is 4. The van der Waals surface area contributed by atoms with E-state index >= 15 is 0 Å². The number of aliphatic hydroxyl groups excluding tert-OH is 2. The first kappa shape index (κ1) is 16.8. The van der Waals surface area contributed by atoms with Crippen LogP contribution in [0.2, 0.25) is 0 Å². The van der Waals surface area contributed by atoms with Crippen molar-refractivity contribution in [3.63, 3.8) is 0 Å². The van der Waals surface area contributed by atoms with Gasteiger partial charge in [-0.2, -0.15) is 9.97 Å². The van der Waals surface area contributed by atoms with E-state index in [1.807, 2.05) is 0 Å². The molecule has 0 saturated carbocycles. The molecule has 0 amide bonds. The Kier molecular flexibility index (Phi) is 4.25. The molecule has 1 fully saturated rings. The van der Waals surface area contributed by atoms with E-state index in [0.717, 1.165) is 0 Å². The number of hydrogen-bond acceptors (Lipinski definition) is 9. The third kappa shape index (κ3) is 2.36. The van der Waals surface area contributed by atoms with E-state index in [4.69, 9.17) is 20.9 Å². The van der Waals surface area contributed by atoms with Gasteiger partial charge in [-0.3, -0.25) is 4.57 Å². The molecule has 4 atom stereocenters. The highest BCUT2D eigenvalue weighted by molar-refractivity contribution is 5.77. The highest BCUT2D eigenvalue weighted by atomic mass is 19.1. The monoisotopic (exact) mass is 342 g/mol. The second-order valence-electron chi connectivity index (χ2n) is 5.47. The minimum absolute atomic E-state index is 0.0751. The summed E-state index contributed by atoms with van der Waals surface area (Å²) in [6.45, 7) is 1.22. The zero-order valence-electron chi connectivity index (χ0n) is 13.0. The first-order valence-electron chi connectivity index (χ1n) is 7.41. The number of nitrogen functional groups attached to an aromatic ring is 1. The van der Waals surface area contributed by atoms with Crippen molar-refractivity contribution in [2.75, 3.05) is 25.5 Å². The molecule has 0 radical (unpaired) electrons. The van der Waals surface area contributed by atoms with Crippen molar-refractivity contribution in [2.24, 2.45) is 5.73 Å². The summed E-state index contributed by atoms with van der Waals surface area (Å²) in [7, 11) is 0. The highest BCUT2D eigenvalue weighted by Crippen LogP contribution is 2.40. The van der Waals surface area contributed by atoms with Crippen LogP contribution >= 0.6 is 0 Å². The van der Waals surface area contributed by atoms with Gasteiger partial charge in [0.25, 0.3) is 0 Å². The fourth-order valence-corrected chi connectivity index (χ4v) is 2.73. The maximum atomic E-state index is 14.6. The molecule has 1 aliphatic heterocycles. The van der Waals surface area contributed by atoms with Crippen LogP contribution in [0.4, 0.5) is 10.3 Å². The number of alkyl halides is 1. The maximum absolute atomic E-state index is 14.6. The number of rotatable bonds is 5. The van der Waals surface area contributed by atoms with Crippen LogP contribution in [0.1, 0.15) is 13.2 Å². The van der Waals surface area contributed by atoms with Crippen LogP contribution in [0.15, 0.2) is 6.33 Å². The van der Waals surface area contributed by atoms with Gasteiger partial charge in [0.05, 0.1) is 19.5 Å². The van der Waals surface area contributed by atoms with Crippen molar-refractivity contribution in [1.82, 2.24) is 19.5 Å². The number of fused-ring (bicyclic) bond motifs is 1. The van der Waals surface area contributed by atoms with E-state index in [1.165, 1.54) is 10.9 Å². The zero-order valence-corrected chi connectivity index (χ0v) is 13.0. The van der Waals surface area contributed by atoms with Crippen molar-refractivity contribution in [1.29, 1.82) is 0 Å². The van der Waals surface area contributed by atoms with Crippen molar-refractivity contribution >= 4 is 17.1 Å². The summed E-state index contributed by atoms with van der Waals surface area (Å²) in [5.41, 5.74) is 10.1. The highest BCUT2D eigenvalue weighted by Gasteiger charge is 2.55. The second kappa shape index (κ2) is 6.09. The molecule has 0 spiro atoms. The average molecular weight is 342 g/mol. The number of aliphatic hydroxyl groups is 2. The molecule has 1 unspecified atom stereocenters. The molecule has 2 aromatic rings. The molecule has 10 nitrogen and oxygen atoms in total. The number of nitrogens with two attached hydrogens (primary N) is 2. The molecule has 0 bridgehead atoms. The SMILES string of the molecule is CCOc1nc(N)nc2c1ncn2C1O[C@](CN)(CO)[C@@H](O)[C@H]1F. The van der Waals surface area contributed by atoms with Crippen molar-refractivity contribution in [3.05, 3.63) is 6.33 Å². The minimum atomic E-state index is -1.84. The lowest BCUT2D eigenvalue weighted by atomic mass is 9.97. The van der Waals surface area contributed by atoms with E-state index in [-0.39, 0.29) is 29.5 Å². The Morgan fingerprint density at radius 3 is 2.83 bits per heavy atom. The Bertz CT molecular complexity index is 737. The summed E-state index contributed by atoms with van der Waals surface area (Å²) in [5, 5.41) is 19.6. The summed E-state index contributed by atoms with van der Waals surface area (Å²) in [6.07, 6.45) is -3.43. The lowest BCUT2D eigenvalue weighted by Crippen LogP contribution is -2.51. The molecule has 132 valence electrons. The number of ether oxygens (including phenoxy) is 2. The molecule has 3 heterocycles. The average Bonchev–Trinajstić information content (AvgIpc) is 3.09. The minimum Gasteiger partial charge on any atom is -0.476 e. The van der Waals surface area contributed by atoms with E-state index in [0.29, 0.717) is 6.61 Å². The predicted molar refractivity (Wildman–Crippen MR) is 80.8 cm³/mol. The summed E-state index contributed by atoms with van der Waals surface area (Å²) in [4.78, 5) is 12.1. The third-order valence-corrected chi connectivity index (χ3v) is 4.04. The Morgan fingerprint density at radius 1 is 1.50 bits per heavy atom. The van der Waals surface area contributed by atoms with Gasteiger partial charge in [-0.25, -0.2) is 9.37 Å². The van der Waals surface area contributed by atoms with Gasteiger partial charge >= 0.3 is 0 Å². The van der Waals surface area contributed by atoms with E-state index < -0.39 is 30.7 Å². The van der Waals surface area contributed by atoms with Gasteiger partial charge in [-0.15, -0.1) is 0 Å². The van der Waals surface area contributed by atoms with E-state index in [2.05, 4.69) is 15.0 Å². The Balaban J connectivity index is 2.07. The Labute approximate surface area is 136 Å². The van der Waals surface area contributed by atoms with Gasteiger partial charge in [0.2, 0.25) is 11.8 Å². The molecule has 24 heavy (non-hydrogen) atoms. The lowest BCUT2D eigenvalue weighted by molar-refractivity contribution is -0.120. The van der Waals surface area contributed by atoms with Gasteiger partial charge in [-0.1, -0.05) is 0 Å². The second-order valence-corrected chi connectivity index (χ2v) is 5.47. The Morgan fingerprint density at radius 2 is 2.25 bits per heavy atom. The summed E-state index contributed by atoms with van der Waals surface area (Å²) < 4.78 is 26.8. The van der Waals surface area contributed by atoms with E-state index in [9.17, 15) is 14.6 Å². The molecule has 3 rings (SSSR count). The molecule has 0 aromatic carbocycles. The van der Waals surface area contributed by atoms with Crippen LogP contribution < -0.4 is 16.2 Å². The largest absolute Gasteiger partial charge is 0.476 e. The number of anilines is 1. The summed E-state index contributed by atoms with van der Waals surface area (Å²) >= 11 is 0. The smallest absolute Gasteiger partial charge is 0.247 e. The van der Waals surface area contributed by atoms with Crippen molar-refractivity contribution in [3.8, 4) is 5.88 Å². The number of halogens is 1. The van der Waals surface area contributed by atoms with Crippen molar-refractivity contribution in [2.45, 2.75) is 31.0 Å². The molecule has 11 heteroatoms. The van der Waals surface area contributed by atoms with Gasteiger partial charge in [0.1, 0.15) is 11.7 Å². The van der Waals surface area contributed by atoms with Gasteiger partial charge < -0.3 is 31.2 Å². The normalized spacial score (nSPS) is 30.1. The van der Waals surface area contributed by atoms with Crippen LogP contribution in [0.25, 0.3) is 11.2 Å². The standard InChI is InChI=1S/C13H19FN6O4/c1-2-23-10-7-9(18-12(16)19-10)20(5-17-7)11-6(14)8(22)13(3-15,4-21)24-11/h5-6,8,11,21-22H,2-4,15H2,1H3,(H2,16,18,19)/t6-,8+,11?,13-/m1/s1. The predicted octanol–water partition coefficient (Wildman–Crippen LogP) is -1.28. The van der Waals surface area contributed by atoms with Crippen LogP contribution in [0, 0.1) is 0 Å². The summed E-state index contributed by atoms with van der Waals surface area (Å²) in [6, 6.07) is 0. The fourth-order valence-electron chi connectivity index (χ4n) is 2.73. The molecular weight excluding hydrogens is 323 g/mol. The van der Waals surface area contributed by atoms with Crippen LogP contribution in [-0.2, 0) is 4.74 Å². The molecule has 1 saturated heterocycles. The van der Waals surface area contributed by atoms with Gasteiger partial charge in [-0.05, 0) is 6.92 Å². The molecular formula is C13H19FN6O4. The lowest BCUT2D eigenvalue weighted by Gasteiger charge is -2.27. The first-order chi connectivity index (χ1) is 11.5.